The highest BCUT2D eigenvalue weighted by Gasteiger charge is 2.13. The molecule has 0 unspecified atom stereocenters. The van der Waals surface area contributed by atoms with Crippen LogP contribution in [0.4, 0.5) is 0 Å². The average Bonchev–Trinajstić information content (AvgIpc) is 2.42. The molecule has 0 saturated heterocycles. The minimum Gasteiger partial charge on any atom is -0.478 e. The molecule has 2 N–H and O–H groups in total. The highest BCUT2D eigenvalue weighted by Crippen LogP contribution is 2.07. The number of carboxylic acids is 2. The van der Waals surface area contributed by atoms with Gasteiger partial charge in [0.1, 0.15) is 0 Å². The molecule has 1 aromatic rings. The van der Waals surface area contributed by atoms with E-state index in [1.165, 1.54) is 48.6 Å². The summed E-state index contributed by atoms with van der Waals surface area (Å²) in [5.74, 6) is -2.70. The molecule has 0 saturated carbocycles. The first-order chi connectivity index (χ1) is 9.41. The van der Waals surface area contributed by atoms with Gasteiger partial charge in [-0.2, -0.15) is 0 Å². The first kappa shape index (κ1) is 15.0. The molecule has 0 atom stereocenters. The highest BCUT2D eigenvalue weighted by molar-refractivity contribution is 6.14. The maximum atomic E-state index is 10.5. The maximum Gasteiger partial charge on any atom is 0.336 e. The molecule has 0 aromatic heterocycles. The molecular weight excluding hydrogens is 264 g/mol. The van der Waals surface area contributed by atoms with Crippen molar-refractivity contribution in [2.75, 3.05) is 0 Å². The minimum atomic E-state index is -1.23. The van der Waals surface area contributed by atoms with Crippen LogP contribution in [-0.2, 0) is 9.59 Å². The largest absolute Gasteiger partial charge is 0.478 e. The summed E-state index contributed by atoms with van der Waals surface area (Å²) in [6.45, 7) is 0. The molecule has 20 heavy (non-hydrogen) atoms. The Morgan fingerprint density at radius 3 is 1.25 bits per heavy atom. The van der Waals surface area contributed by atoms with Crippen molar-refractivity contribution >= 4 is 23.5 Å². The van der Waals surface area contributed by atoms with Crippen LogP contribution in [0.3, 0.4) is 0 Å². The first-order valence-corrected chi connectivity index (χ1v) is 5.41. The lowest BCUT2D eigenvalue weighted by Crippen LogP contribution is -2.06. The van der Waals surface area contributed by atoms with E-state index >= 15 is 0 Å². The van der Waals surface area contributed by atoms with Gasteiger partial charge >= 0.3 is 11.9 Å². The number of ketones is 2. The summed E-state index contributed by atoms with van der Waals surface area (Å²) >= 11 is 0. The van der Waals surface area contributed by atoms with Gasteiger partial charge in [0, 0.05) is 0 Å². The summed E-state index contributed by atoms with van der Waals surface area (Å²) in [6, 6.07) is 5.48. The van der Waals surface area contributed by atoms with Crippen molar-refractivity contribution in [3.63, 3.8) is 0 Å². The molecule has 0 heterocycles. The second-order valence-electron chi connectivity index (χ2n) is 3.63. The highest BCUT2D eigenvalue weighted by atomic mass is 16.4. The zero-order chi connectivity index (χ0) is 15.1. The standard InChI is InChI=1S/C8H6O4.C6H4O2/c9-7(10)5-3-1-2-4-6(5)8(11)12;7-5-1-2-6(8)4-3-5/h1-4H,(H,9,10)(H,11,12);1-4H. The summed E-state index contributed by atoms with van der Waals surface area (Å²) in [5.41, 5.74) is -0.380. The van der Waals surface area contributed by atoms with Gasteiger partial charge in [-0.3, -0.25) is 9.59 Å². The Hall–Kier alpha value is -3.02. The van der Waals surface area contributed by atoms with Crippen molar-refractivity contribution in [1.29, 1.82) is 0 Å². The normalized spacial score (nSPS) is 12.6. The molecule has 2 rings (SSSR count). The van der Waals surface area contributed by atoms with Gasteiger partial charge in [-0.05, 0) is 36.4 Å². The summed E-state index contributed by atoms with van der Waals surface area (Å²) in [6.07, 6.45) is 5.01. The van der Waals surface area contributed by atoms with Gasteiger partial charge in [0.05, 0.1) is 11.1 Å². The number of aromatic carboxylic acids is 2. The third kappa shape index (κ3) is 4.34. The van der Waals surface area contributed by atoms with Gasteiger partial charge in [-0.15, -0.1) is 0 Å². The van der Waals surface area contributed by atoms with Crippen molar-refractivity contribution in [3.05, 3.63) is 59.7 Å². The average molecular weight is 274 g/mol. The molecular formula is C14H10O6. The molecule has 102 valence electrons. The number of allylic oxidation sites excluding steroid dienone is 4. The second kappa shape index (κ2) is 6.79. The number of hydrogen-bond donors (Lipinski definition) is 2. The van der Waals surface area contributed by atoms with E-state index in [9.17, 15) is 19.2 Å². The molecule has 0 fully saturated rings. The van der Waals surface area contributed by atoms with E-state index in [4.69, 9.17) is 10.2 Å². The Bertz CT molecular complexity index is 553. The quantitative estimate of drug-likeness (QED) is 0.787. The number of hydrogen-bond acceptors (Lipinski definition) is 4. The molecule has 0 spiro atoms. The monoisotopic (exact) mass is 274 g/mol. The van der Waals surface area contributed by atoms with Crippen LogP contribution in [0, 0.1) is 0 Å². The third-order valence-electron chi connectivity index (χ3n) is 2.21. The van der Waals surface area contributed by atoms with Crippen LogP contribution in [0.2, 0.25) is 0 Å². The summed E-state index contributed by atoms with van der Waals surface area (Å²) in [7, 11) is 0. The van der Waals surface area contributed by atoms with Crippen LogP contribution in [0.25, 0.3) is 0 Å². The smallest absolute Gasteiger partial charge is 0.336 e. The summed E-state index contributed by atoms with van der Waals surface area (Å²) in [4.78, 5) is 41.5. The Labute approximate surface area is 113 Å². The lowest BCUT2D eigenvalue weighted by molar-refractivity contribution is -0.113. The molecule has 1 aliphatic carbocycles. The van der Waals surface area contributed by atoms with Crippen molar-refractivity contribution in [3.8, 4) is 0 Å². The topological polar surface area (TPSA) is 109 Å². The van der Waals surface area contributed by atoms with Crippen molar-refractivity contribution in [2.24, 2.45) is 0 Å². The molecule has 1 aromatic carbocycles. The molecule has 6 heteroatoms. The molecule has 1 aliphatic rings. The Kier molecular flexibility index (Phi) is 5.11. The lowest BCUT2D eigenvalue weighted by Gasteiger charge is -1.98. The van der Waals surface area contributed by atoms with Gasteiger partial charge < -0.3 is 10.2 Å². The van der Waals surface area contributed by atoms with Crippen LogP contribution >= 0.6 is 0 Å². The van der Waals surface area contributed by atoms with Crippen molar-refractivity contribution in [2.45, 2.75) is 0 Å². The maximum absolute atomic E-state index is 10.5. The lowest BCUT2D eigenvalue weighted by atomic mass is 10.1. The zero-order valence-corrected chi connectivity index (χ0v) is 10.1. The predicted molar refractivity (Wildman–Crippen MR) is 68.7 cm³/mol. The SMILES string of the molecule is O=C(O)c1ccccc1C(=O)O.O=C1C=CC(=O)C=C1. The number of carbonyl (C=O) groups excluding carboxylic acids is 2. The van der Waals surface area contributed by atoms with Gasteiger partial charge in [-0.25, -0.2) is 9.59 Å². The Morgan fingerprint density at radius 1 is 0.700 bits per heavy atom. The fourth-order valence-corrected chi connectivity index (χ4v) is 1.30. The van der Waals surface area contributed by atoms with E-state index < -0.39 is 11.9 Å². The van der Waals surface area contributed by atoms with Gasteiger partial charge in [0.15, 0.2) is 11.6 Å². The van der Waals surface area contributed by atoms with E-state index in [-0.39, 0.29) is 22.7 Å². The summed E-state index contributed by atoms with van der Waals surface area (Å²) < 4.78 is 0. The van der Waals surface area contributed by atoms with E-state index in [1.807, 2.05) is 0 Å². The molecule has 6 nitrogen and oxygen atoms in total. The van der Waals surface area contributed by atoms with Crippen LogP contribution in [0.5, 0.6) is 0 Å². The van der Waals surface area contributed by atoms with E-state index in [0.717, 1.165) is 0 Å². The molecule has 0 bridgehead atoms. The number of benzene rings is 1. The van der Waals surface area contributed by atoms with Crippen molar-refractivity contribution in [1.82, 2.24) is 0 Å². The molecule has 0 amide bonds. The Balaban J connectivity index is 0.000000217. The fourth-order valence-electron chi connectivity index (χ4n) is 1.30. The van der Waals surface area contributed by atoms with Gasteiger partial charge in [-0.1, -0.05) is 12.1 Å². The van der Waals surface area contributed by atoms with Gasteiger partial charge in [0.25, 0.3) is 0 Å². The van der Waals surface area contributed by atoms with Crippen molar-refractivity contribution < 1.29 is 29.4 Å². The van der Waals surface area contributed by atoms with Gasteiger partial charge in [0.2, 0.25) is 0 Å². The van der Waals surface area contributed by atoms with E-state index in [2.05, 4.69) is 0 Å². The number of carboxylic acid groups (broad SMARTS) is 2. The minimum absolute atomic E-state index is 0.121. The number of carbonyl (C=O) groups is 4. The van der Waals surface area contributed by atoms with E-state index in [1.54, 1.807) is 0 Å². The Morgan fingerprint density at radius 2 is 1.00 bits per heavy atom. The molecule has 0 radical (unpaired) electrons. The fraction of sp³-hybridized carbons (Fsp3) is 0. The first-order valence-electron chi connectivity index (χ1n) is 5.41. The number of rotatable bonds is 2. The zero-order valence-electron chi connectivity index (χ0n) is 10.1. The third-order valence-corrected chi connectivity index (χ3v) is 2.21. The van der Waals surface area contributed by atoms with E-state index in [0.29, 0.717) is 0 Å². The van der Waals surface area contributed by atoms with Crippen LogP contribution in [0.15, 0.2) is 48.6 Å². The molecule has 0 aliphatic heterocycles. The predicted octanol–water partition coefficient (Wildman–Crippen LogP) is 1.33. The van der Waals surface area contributed by atoms with Crippen LogP contribution < -0.4 is 0 Å². The van der Waals surface area contributed by atoms with Crippen LogP contribution in [-0.4, -0.2) is 33.7 Å². The second-order valence-corrected chi connectivity index (χ2v) is 3.63. The summed E-state index contributed by atoms with van der Waals surface area (Å²) in [5, 5.41) is 17.1. The van der Waals surface area contributed by atoms with Crippen LogP contribution in [0.1, 0.15) is 20.7 Å².